The minimum atomic E-state index is -3.48. The van der Waals surface area contributed by atoms with Crippen molar-refractivity contribution in [3.63, 3.8) is 0 Å². The van der Waals surface area contributed by atoms with Crippen LogP contribution in [0, 0.1) is 0 Å². The SMILES string of the molecule is CCn1ccnc(N2CCN(S(=O)(=O)c3ccc(Br)s3)CC2)c1=O. The predicted octanol–water partition coefficient (Wildman–Crippen LogP) is 1.60. The average Bonchev–Trinajstić information content (AvgIpc) is 3.02. The molecule has 1 fully saturated rings. The van der Waals surface area contributed by atoms with Gasteiger partial charge in [0, 0.05) is 45.1 Å². The van der Waals surface area contributed by atoms with Crippen molar-refractivity contribution in [3.05, 3.63) is 38.7 Å². The first-order valence-corrected chi connectivity index (χ1v) is 10.5. The molecule has 1 saturated heterocycles. The first-order chi connectivity index (χ1) is 11.4. The van der Waals surface area contributed by atoms with Crippen LogP contribution < -0.4 is 10.5 Å². The normalized spacial score (nSPS) is 16.5. The van der Waals surface area contributed by atoms with Gasteiger partial charge in [0.2, 0.25) is 0 Å². The van der Waals surface area contributed by atoms with Gasteiger partial charge in [-0.25, -0.2) is 13.4 Å². The van der Waals surface area contributed by atoms with E-state index in [1.165, 1.54) is 15.6 Å². The van der Waals surface area contributed by atoms with E-state index in [4.69, 9.17) is 0 Å². The molecular weight excluding hydrogens is 416 g/mol. The van der Waals surface area contributed by atoms with E-state index < -0.39 is 10.0 Å². The largest absolute Gasteiger partial charge is 0.349 e. The maximum atomic E-state index is 12.6. The van der Waals surface area contributed by atoms with Gasteiger partial charge < -0.3 is 9.47 Å². The smallest absolute Gasteiger partial charge is 0.293 e. The van der Waals surface area contributed by atoms with E-state index in [9.17, 15) is 13.2 Å². The maximum absolute atomic E-state index is 12.6. The first-order valence-electron chi connectivity index (χ1n) is 7.49. The van der Waals surface area contributed by atoms with Crippen LogP contribution in [0.2, 0.25) is 0 Å². The Kier molecular flexibility index (Phi) is 5.09. The topological polar surface area (TPSA) is 75.5 Å². The number of anilines is 1. The molecule has 0 unspecified atom stereocenters. The number of hydrogen-bond donors (Lipinski definition) is 0. The fraction of sp³-hybridized carbons (Fsp3) is 0.429. The van der Waals surface area contributed by atoms with Crippen molar-refractivity contribution in [1.82, 2.24) is 13.9 Å². The zero-order valence-corrected chi connectivity index (χ0v) is 16.3. The van der Waals surface area contributed by atoms with Gasteiger partial charge in [-0.3, -0.25) is 4.79 Å². The molecule has 130 valence electrons. The summed E-state index contributed by atoms with van der Waals surface area (Å²) in [5.74, 6) is 0.385. The molecule has 0 aromatic carbocycles. The Labute approximate surface area is 152 Å². The standard InChI is InChI=1S/C14H17BrN4O3S2/c1-2-17-6-5-16-13(14(17)20)18-7-9-19(10-8-18)24(21,22)12-4-3-11(15)23-12/h3-6H,2,7-10H2,1H3. The summed E-state index contributed by atoms with van der Waals surface area (Å²) in [4.78, 5) is 18.4. The zero-order chi connectivity index (χ0) is 17.3. The van der Waals surface area contributed by atoms with Crippen LogP contribution in [-0.2, 0) is 16.6 Å². The minimum Gasteiger partial charge on any atom is -0.349 e. The molecule has 0 spiro atoms. The lowest BCUT2D eigenvalue weighted by atomic mass is 10.3. The zero-order valence-electron chi connectivity index (χ0n) is 13.1. The quantitative estimate of drug-likeness (QED) is 0.732. The Morgan fingerprint density at radius 3 is 2.54 bits per heavy atom. The maximum Gasteiger partial charge on any atom is 0.293 e. The Morgan fingerprint density at radius 2 is 1.96 bits per heavy atom. The molecule has 2 aromatic heterocycles. The van der Waals surface area contributed by atoms with E-state index in [1.54, 1.807) is 29.1 Å². The van der Waals surface area contributed by atoms with E-state index in [2.05, 4.69) is 20.9 Å². The highest BCUT2D eigenvalue weighted by molar-refractivity contribution is 9.11. The highest BCUT2D eigenvalue weighted by Gasteiger charge is 2.30. The molecule has 0 bridgehead atoms. The lowest BCUT2D eigenvalue weighted by Gasteiger charge is -2.34. The summed E-state index contributed by atoms with van der Waals surface area (Å²) >= 11 is 4.49. The number of aromatic nitrogens is 2. The Morgan fingerprint density at radius 1 is 1.25 bits per heavy atom. The average molecular weight is 433 g/mol. The summed E-state index contributed by atoms with van der Waals surface area (Å²) in [6, 6.07) is 3.34. The number of nitrogens with zero attached hydrogens (tertiary/aromatic N) is 4. The van der Waals surface area contributed by atoms with E-state index in [0.717, 1.165) is 3.79 Å². The molecule has 0 atom stereocenters. The van der Waals surface area contributed by atoms with Crippen LogP contribution in [0.15, 0.2) is 37.3 Å². The van der Waals surface area contributed by atoms with Gasteiger partial charge in [-0.05, 0) is 35.0 Å². The van der Waals surface area contributed by atoms with Gasteiger partial charge in [-0.1, -0.05) is 0 Å². The van der Waals surface area contributed by atoms with Crippen LogP contribution in [0.1, 0.15) is 6.92 Å². The van der Waals surface area contributed by atoms with Crippen molar-refractivity contribution in [2.24, 2.45) is 0 Å². The lowest BCUT2D eigenvalue weighted by Crippen LogP contribution is -2.50. The van der Waals surface area contributed by atoms with Crippen LogP contribution in [0.25, 0.3) is 0 Å². The number of sulfonamides is 1. The van der Waals surface area contributed by atoms with Gasteiger partial charge in [-0.2, -0.15) is 4.31 Å². The number of hydrogen-bond acceptors (Lipinski definition) is 6. The Bertz CT molecular complexity index is 885. The van der Waals surface area contributed by atoms with Gasteiger partial charge >= 0.3 is 0 Å². The summed E-state index contributed by atoms with van der Waals surface area (Å²) in [6.45, 7) is 4.04. The first kappa shape index (κ1) is 17.6. The monoisotopic (exact) mass is 432 g/mol. The molecule has 3 rings (SSSR count). The fourth-order valence-electron chi connectivity index (χ4n) is 2.61. The molecule has 2 aromatic rings. The third-order valence-electron chi connectivity index (χ3n) is 3.92. The molecule has 10 heteroatoms. The highest BCUT2D eigenvalue weighted by Crippen LogP contribution is 2.29. The molecule has 7 nitrogen and oxygen atoms in total. The molecule has 24 heavy (non-hydrogen) atoms. The summed E-state index contributed by atoms with van der Waals surface area (Å²) in [6.07, 6.45) is 3.26. The van der Waals surface area contributed by atoms with Crippen molar-refractivity contribution >= 4 is 43.1 Å². The third kappa shape index (κ3) is 3.28. The number of halogens is 1. The number of thiophene rings is 1. The second kappa shape index (κ2) is 6.95. The van der Waals surface area contributed by atoms with Crippen LogP contribution in [-0.4, -0.2) is 48.5 Å². The predicted molar refractivity (Wildman–Crippen MR) is 97.2 cm³/mol. The van der Waals surface area contributed by atoms with Crippen molar-refractivity contribution in [2.75, 3.05) is 31.1 Å². The molecule has 0 N–H and O–H groups in total. The van der Waals surface area contributed by atoms with Crippen LogP contribution in [0.5, 0.6) is 0 Å². The van der Waals surface area contributed by atoms with Gasteiger partial charge in [0.05, 0.1) is 3.79 Å². The lowest BCUT2D eigenvalue weighted by molar-refractivity contribution is 0.384. The Hall–Kier alpha value is -1.23. The second-order valence-electron chi connectivity index (χ2n) is 5.29. The van der Waals surface area contributed by atoms with Gasteiger partial charge in [0.25, 0.3) is 15.6 Å². The van der Waals surface area contributed by atoms with Gasteiger partial charge in [-0.15, -0.1) is 11.3 Å². The van der Waals surface area contributed by atoms with Crippen LogP contribution in [0.4, 0.5) is 5.82 Å². The van der Waals surface area contributed by atoms with E-state index in [0.29, 0.717) is 42.8 Å². The van der Waals surface area contributed by atoms with E-state index >= 15 is 0 Å². The minimum absolute atomic E-state index is 0.140. The van der Waals surface area contributed by atoms with E-state index in [1.807, 2.05) is 11.8 Å². The number of rotatable bonds is 4. The van der Waals surface area contributed by atoms with Crippen molar-refractivity contribution in [1.29, 1.82) is 0 Å². The van der Waals surface area contributed by atoms with Crippen molar-refractivity contribution in [3.8, 4) is 0 Å². The molecule has 1 aliphatic rings. The molecular formula is C14H17BrN4O3S2. The van der Waals surface area contributed by atoms with Crippen molar-refractivity contribution in [2.45, 2.75) is 17.7 Å². The summed E-state index contributed by atoms with van der Waals surface area (Å²) < 4.78 is 29.4. The molecule has 0 saturated carbocycles. The molecule has 3 heterocycles. The molecule has 0 aliphatic carbocycles. The number of piperazine rings is 1. The summed E-state index contributed by atoms with van der Waals surface area (Å²) in [5.41, 5.74) is -0.140. The summed E-state index contributed by atoms with van der Waals surface area (Å²) in [5, 5.41) is 0. The number of aryl methyl sites for hydroxylation is 1. The fourth-order valence-corrected chi connectivity index (χ4v) is 6.19. The molecule has 0 amide bonds. The van der Waals surface area contributed by atoms with Gasteiger partial charge in [0.1, 0.15) is 4.21 Å². The van der Waals surface area contributed by atoms with Crippen LogP contribution >= 0.6 is 27.3 Å². The molecule has 1 aliphatic heterocycles. The second-order valence-corrected chi connectivity index (χ2v) is 9.92. The highest BCUT2D eigenvalue weighted by atomic mass is 79.9. The van der Waals surface area contributed by atoms with Gasteiger partial charge in [0.15, 0.2) is 5.82 Å². The van der Waals surface area contributed by atoms with Crippen molar-refractivity contribution < 1.29 is 8.42 Å². The van der Waals surface area contributed by atoms with E-state index in [-0.39, 0.29) is 5.56 Å². The van der Waals surface area contributed by atoms with Crippen LogP contribution in [0.3, 0.4) is 0 Å². The summed E-state index contributed by atoms with van der Waals surface area (Å²) in [7, 11) is -3.48. The third-order valence-corrected chi connectivity index (χ3v) is 7.91. The molecule has 0 radical (unpaired) electrons. The Balaban J connectivity index is 1.76.